The molecular weight excluding hydrogens is 454 g/mol. The van der Waals surface area contributed by atoms with E-state index in [2.05, 4.69) is 21.2 Å². The molecule has 1 heterocycles. The third-order valence-corrected chi connectivity index (χ3v) is 6.49. The average molecular weight is 470 g/mol. The third-order valence-electron chi connectivity index (χ3n) is 3.86. The third kappa shape index (κ3) is 4.40. The maximum atomic E-state index is 12.4. The number of carbonyl (C=O) groups is 1. The monoisotopic (exact) mass is 469 g/mol. The number of hydrogen-bond acceptors (Lipinski definition) is 5. The van der Waals surface area contributed by atoms with Gasteiger partial charge in [0.1, 0.15) is 6.54 Å². The van der Waals surface area contributed by atoms with Gasteiger partial charge in [0.05, 0.1) is 22.2 Å². The van der Waals surface area contributed by atoms with Crippen LogP contribution in [0.15, 0.2) is 51.7 Å². The molecule has 7 nitrogen and oxygen atoms in total. The molecule has 2 aromatic carbocycles. The van der Waals surface area contributed by atoms with E-state index < -0.39 is 15.9 Å². The van der Waals surface area contributed by atoms with Gasteiger partial charge in [-0.2, -0.15) is 0 Å². The highest BCUT2D eigenvalue weighted by Crippen LogP contribution is 2.23. The molecule has 0 aliphatic carbocycles. The SMILES string of the molecule is Cn1c(=O)sc2cc(NC(=O)CN(c3cccc(Br)c3)S(C)(=O)=O)ccc21. The summed E-state index contributed by atoms with van der Waals surface area (Å²) >= 11 is 4.38. The van der Waals surface area contributed by atoms with E-state index in [1.54, 1.807) is 49.5 Å². The van der Waals surface area contributed by atoms with Gasteiger partial charge in [-0.05, 0) is 36.4 Å². The molecule has 0 unspecified atom stereocenters. The summed E-state index contributed by atoms with van der Waals surface area (Å²) in [6.07, 6.45) is 1.05. The van der Waals surface area contributed by atoms with Crippen molar-refractivity contribution in [3.63, 3.8) is 0 Å². The van der Waals surface area contributed by atoms with Crippen LogP contribution in [0, 0.1) is 0 Å². The fourth-order valence-electron chi connectivity index (χ4n) is 2.57. The quantitative estimate of drug-likeness (QED) is 0.621. The highest BCUT2D eigenvalue weighted by Gasteiger charge is 2.21. The lowest BCUT2D eigenvalue weighted by molar-refractivity contribution is -0.114. The summed E-state index contributed by atoms with van der Waals surface area (Å²) in [4.78, 5) is 24.1. The van der Waals surface area contributed by atoms with Crippen molar-refractivity contribution in [3.8, 4) is 0 Å². The second-order valence-electron chi connectivity index (χ2n) is 5.91. The Morgan fingerprint density at radius 3 is 2.67 bits per heavy atom. The van der Waals surface area contributed by atoms with Crippen molar-refractivity contribution in [1.29, 1.82) is 0 Å². The highest BCUT2D eigenvalue weighted by atomic mass is 79.9. The molecule has 1 amide bonds. The van der Waals surface area contributed by atoms with Crippen LogP contribution in [0.5, 0.6) is 0 Å². The molecule has 1 aromatic heterocycles. The number of thiazole rings is 1. The number of aryl methyl sites for hydroxylation is 1. The van der Waals surface area contributed by atoms with E-state index in [0.29, 0.717) is 15.8 Å². The van der Waals surface area contributed by atoms with Gasteiger partial charge in [-0.3, -0.25) is 13.9 Å². The Morgan fingerprint density at radius 1 is 1.26 bits per heavy atom. The van der Waals surface area contributed by atoms with Crippen LogP contribution in [0.4, 0.5) is 11.4 Å². The molecule has 0 radical (unpaired) electrons. The molecule has 10 heteroatoms. The minimum absolute atomic E-state index is 0.0913. The molecule has 0 bridgehead atoms. The van der Waals surface area contributed by atoms with Crippen LogP contribution >= 0.6 is 27.3 Å². The van der Waals surface area contributed by atoms with Crippen LogP contribution in [0.2, 0.25) is 0 Å². The summed E-state index contributed by atoms with van der Waals surface area (Å²) in [6, 6.07) is 11.8. The zero-order valence-electron chi connectivity index (χ0n) is 14.5. The van der Waals surface area contributed by atoms with Crippen molar-refractivity contribution < 1.29 is 13.2 Å². The van der Waals surface area contributed by atoms with Crippen molar-refractivity contribution in [2.24, 2.45) is 7.05 Å². The van der Waals surface area contributed by atoms with Crippen LogP contribution in [-0.2, 0) is 21.9 Å². The van der Waals surface area contributed by atoms with Gasteiger partial charge in [0, 0.05) is 17.2 Å². The molecule has 0 atom stereocenters. The van der Waals surface area contributed by atoms with Gasteiger partial charge >= 0.3 is 4.87 Å². The number of benzene rings is 2. The fraction of sp³-hybridized carbons (Fsp3) is 0.176. The minimum Gasteiger partial charge on any atom is -0.324 e. The molecule has 142 valence electrons. The zero-order chi connectivity index (χ0) is 19.8. The van der Waals surface area contributed by atoms with Gasteiger partial charge in [0.25, 0.3) is 0 Å². The Labute approximate surface area is 168 Å². The van der Waals surface area contributed by atoms with Gasteiger partial charge in [0.2, 0.25) is 15.9 Å². The lowest BCUT2D eigenvalue weighted by Gasteiger charge is -2.22. The first-order chi connectivity index (χ1) is 12.6. The standard InChI is InChI=1S/C17H16BrN3O4S2/c1-20-14-7-6-12(9-15(14)26-17(20)23)19-16(22)10-21(27(2,24)25)13-5-3-4-11(18)8-13/h3-9H,10H2,1-2H3,(H,19,22). The molecule has 0 spiro atoms. The van der Waals surface area contributed by atoms with Crippen molar-refractivity contribution in [2.45, 2.75) is 0 Å². The molecular formula is C17H16BrN3O4S2. The second-order valence-corrected chi connectivity index (χ2v) is 9.72. The Morgan fingerprint density at radius 2 is 2.00 bits per heavy atom. The Kier molecular flexibility index (Phi) is 5.41. The van der Waals surface area contributed by atoms with Gasteiger partial charge in [-0.15, -0.1) is 0 Å². The van der Waals surface area contributed by atoms with Crippen molar-refractivity contribution in [1.82, 2.24) is 4.57 Å². The predicted octanol–water partition coefficient (Wildman–Crippen LogP) is 2.77. The maximum Gasteiger partial charge on any atom is 0.307 e. The van der Waals surface area contributed by atoms with Crippen LogP contribution in [0.3, 0.4) is 0 Å². The largest absolute Gasteiger partial charge is 0.324 e. The zero-order valence-corrected chi connectivity index (χ0v) is 17.7. The molecule has 0 aliphatic heterocycles. The van der Waals surface area contributed by atoms with Crippen molar-refractivity contribution in [3.05, 3.63) is 56.6 Å². The summed E-state index contributed by atoms with van der Waals surface area (Å²) in [5, 5.41) is 2.69. The lowest BCUT2D eigenvalue weighted by atomic mass is 10.3. The van der Waals surface area contributed by atoms with Crippen LogP contribution in [-0.4, -0.2) is 31.7 Å². The first kappa shape index (κ1) is 19.6. The highest BCUT2D eigenvalue weighted by molar-refractivity contribution is 9.10. The first-order valence-corrected chi connectivity index (χ1v) is 11.2. The van der Waals surface area contributed by atoms with E-state index in [-0.39, 0.29) is 11.4 Å². The molecule has 0 aliphatic rings. The smallest absolute Gasteiger partial charge is 0.307 e. The van der Waals surface area contributed by atoms with Gasteiger partial charge in [-0.25, -0.2) is 8.42 Å². The molecule has 0 fully saturated rings. The number of nitrogens with zero attached hydrogens (tertiary/aromatic N) is 2. The van der Waals surface area contributed by atoms with Crippen LogP contribution < -0.4 is 14.5 Å². The predicted molar refractivity (Wildman–Crippen MR) is 112 cm³/mol. The molecule has 3 aromatic rings. The second kappa shape index (κ2) is 7.45. The summed E-state index contributed by atoms with van der Waals surface area (Å²) in [6.45, 7) is -0.363. The number of rotatable bonds is 5. The van der Waals surface area contributed by atoms with Crippen molar-refractivity contribution >= 4 is 64.8 Å². The number of amides is 1. The summed E-state index contributed by atoms with van der Waals surface area (Å²) in [5.41, 5.74) is 1.66. The molecule has 0 saturated heterocycles. The number of fused-ring (bicyclic) bond motifs is 1. The molecule has 1 N–H and O–H groups in total. The Bertz CT molecular complexity index is 1180. The van der Waals surface area contributed by atoms with Gasteiger partial charge in [-0.1, -0.05) is 33.3 Å². The summed E-state index contributed by atoms with van der Waals surface area (Å²) < 4.78 is 28.3. The number of nitrogens with one attached hydrogen (secondary N) is 1. The van der Waals surface area contributed by atoms with E-state index in [0.717, 1.165) is 32.1 Å². The van der Waals surface area contributed by atoms with E-state index in [4.69, 9.17) is 0 Å². The Balaban J connectivity index is 1.83. The molecule has 27 heavy (non-hydrogen) atoms. The minimum atomic E-state index is -3.65. The van der Waals surface area contributed by atoms with Gasteiger partial charge in [0.15, 0.2) is 0 Å². The normalized spacial score (nSPS) is 11.5. The number of anilines is 2. The van der Waals surface area contributed by atoms with Crippen LogP contribution in [0.25, 0.3) is 10.2 Å². The fourth-order valence-corrected chi connectivity index (χ4v) is 4.73. The number of aromatic nitrogens is 1. The first-order valence-electron chi connectivity index (χ1n) is 7.78. The number of carbonyl (C=O) groups excluding carboxylic acids is 1. The summed E-state index contributed by atoms with van der Waals surface area (Å²) in [5.74, 6) is -0.483. The van der Waals surface area contributed by atoms with Crippen molar-refractivity contribution in [2.75, 3.05) is 22.4 Å². The van der Waals surface area contributed by atoms with E-state index in [1.165, 1.54) is 4.57 Å². The Hall–Kier alpha value is -2.17. The van der Waals surface area contributed by atoms with Gasteiger partial charge < -0.3 is 9.88 Å². The van der Waals surface area contributed by atoms with E-state index in [1.807, 2.05) is 0 Å². The van der Waals surface area contributed by atoms with E-state index >= 15 is 0 Å². The maximum absolute atomic E-state index is 12.4. The lowest BCUT2D eigenvalue weighted by Crippen LogP contribution is -2.37. The van der Waals surface area contributed by atoms with Crippen LogP contribution in [0.1, 0.15) is 0 Å². The molecule has 3 rings (SSSR count). The average Bonchev–Trinajstić information content (AvgIpc) is 2.85. The molecule has 0 saturated carbocycles. The number of halogens is 1. The topological polar surface area (TPSA) is 88.5 Å². The summed E-state index contributed by atoms with van der Waals surface area (Å²) in [7, 11) is -1.97. The van der Waals surface area contributed by atoms with E-state index in [9.17, 15) is 18.0 Å². The number of hydrogen-bond donors (Lipinski definition) is 1. The number of sulfonamides is 1.